The van der Waals surface area contributed by atoms with E-state index in [1.807, 2.05) is 18.2 Å². The third-order valence-electron chi connectivity index (χ3n) is 3.04. The first-order valence-electron chi connectivity index (χ1n) is 6.11. The number of halogens is 1. The third kappa shape index (κ3) is 2.71. The second-order valence-corrected chi connectivity index (χ2v) is 5.72. The van der Waals surface area contributed by atoms with Gasteiger partial charge in [-0.3, -0.25) is 0 Å². The minimum absolute atomic E-state index is 0.886. The molecule has 1 N–H and O–H groups in total. The highest BCUT2D eigenvalue weighted by Crippen LogP contribution is 2.22. The summed E-state index contributed by atoms with van der Waals surface area (Å²) in [6.07, 6.45) is 0. The van der Waals surface area contributed by atoms with Gasteiger partial charge in [0.15, 0.2) is 0 Å². The third-order valence-corrected chi connectivity index (χ3v) is 3.76. The van der Waals surface area contributed by atoms with Crippen molar-refractivity contribution in [3.05, 3.63) is 63.7 Å². The lowest BCUT2D eigenvalue weighted by Gasteiger charge is -2.09. The number of aryl methyl sites for hydroxylation is 1. The Morgan fingerprint density at radius 2 is 1.74 bits per heavy atom. The van der Waals surface area contributed by atoms with Gasteiger partial charge in [-0.25, -0.2) is 4.98 Å². The van der Waals surface area contributed by atoms with Gasteiger partial charge in [0.2, 0.25) is 0 Å². The number of benzene rings is 2. The Balaban J connectivity index is 1.99. The molecule has 0 saturated carbocycles. The summed E-state index contributed by atoms with van der Waals surface area (Å²) in [5.41, 5.74) is 3.32. The molecular weight excluding hydrogens is 347 g/mol. The Bertz CT molecular complexity index is 720. The van der Waals surface area contributed by atoms with E-state index in [2.05, 4.69) is 76.2 Å². The highest BCUT2D eigenvalue weighted by molar-refractivity contribution is 14.1. The van der Waals surface area contributed by atoms with Crippen LogP contribution in [0.3, 0.4) is 0 Å². The molecule has 19 heavy (non-hydrogen) atoms. The molecule has 0 aliphatic carbocycles. The van der Waals surface area contributed by atoms with E-state index in [0.29, 0.717) is 0 Å². The van der Waals surface area contributed by atoms with Crippen molar-refractivity contribution in [3.63, 3.8) is 0 Å². The van der Waals surface area contributed by atoms with Gasteiger partial charge in [-0.1, -0.05) is 18.2 Å². The van der Waals surface area contributed by atoms with Crippen LogP contribution in [0.4, 0.5) is 11.5 Å². The number of para-hydroxylation sites is 1. The van der Waals surface area contributed by atoms with Gasteiger partial charge in [0, 0.05) is 14.6 Å². The van der Waals surface area contributed by atoms with Crippen LogP contribution in [0.1, 0.15) is 5.56 Å². The van der Waals surface area contributed by atoms with Crippen molar-refractivity contribution in [1.82, 2.24) is 4.98 Å². The first-order chi connectivity index (χ1) is 9.22. The fourth-order valence-corrected chi connectivity index (χ4v) is 2.45. The molecule has 0 saturated heterocycles. The molecule has 0 aliphatic rings. The van der Waals surface area contributed by atoms with Gasteiger partial charge >= 0.3 is 0 Å². The quantitative estimate of drug-likeness (QED) is 0.658. The predicted molar refractivity (Wildman–Crippen MR) is 88.9 cm³/mol. The maximum absolute atomic E-state index is 4.64. The van der Waals surface area contributed by atoms with Crippen molar-refractivity contribution in [1.29, 1.82) is 0 Å². The van der Waals surface area contributed by atoms with Gasteiger partial charge in [-0.2, -0.15) is 0 Å². The molecule has 0 bridgehead atoms. The number of anilines is 2. The molecule has 2 aromatic carbocycles. The first-order valence-corrected chi connectivity index (χ1v) is 7.19. The average molecular weight is 360 g/mol. The van der Waals surface area contributed by atoms with Crippen molar-refractivity contribution in [3.8, 4) is 0 Å². The predicted octanol–water partition coefficient (Wildman–Crippen LogP) is 4.89. The zero-order valence-electron chi connectivity index (χ0n) is 10.5. The monoisotopic (exact) mass is 360 g/mol. The van der Waals surface area contributed by atoms with E-state index in [-0.39, 0.29) is 0 Å². The molecule has 3 aromatic rings. The lowest BCUT2D eigenvalue weighted by molar-refractivity contribution is 1.34. The van der Waals surface area contributed by atoms with E-state index in [1.54, 1.807) is 0 Å². The highest BCUT2D eigenvalue weighted by Gasteiger charge is 2.02. The topological polar surface area (TPSA) is 24.9 Å². The SMILES string of the molecule is Cc1cc(Nc2ccc(I)cc2)nc2ccccc12. The van der Waals surface area contributed by atoms with Gasteiger partial charge in [-0.15, -0.1) is 0 Å². The maximum atomic E-state index is 4.64. The molecule has 2 nitrogen and oxygen atoms in total. The Hall–Kier alpha value is -1.62. The van der Waals surface area contributed by atoms with Crippen LogP contribution >= 0.6 is 22.6 Å². The van der Waals surface area contributed by atoms with Crippen LogP contribution in [-0.2, 0) is 0 Å². The van der Waals surface area contributed by atoms with Crippen molar-refractivity contribution < 1.29 is 0 Å². The van der Waals surface area contributed by atoms with Crippen molar-refractivity contribution >= 4 is 45.0 Å². The molecule has 0 aliphatic heterocycles. The lowest BCUT2D eigenvalue weighted by Crippen LogP contribution is -1.95. The smallest absolute Gasteiger partial charge is 0.131 e. The molecule has 0 atom stereocenters. The molecule has 0 unspecified atom stereocenters. The minimum Gasteiger partial charge on any atom is -0.340 e. The molecular formula is C16H13IN2. The van der Waals surface area contributed by atoms with Gasteiger partial charge < -0.3 is 5.32 Å². The van der Waals surface area contributed by atoms with Crippen molar-refractivity contribution in [2.75, 3.05) is 5.32 Å². The zero-order valence-corrected chi connectivity index (χ0v) is 12.7. The second kappa shape index (κ2) is 5.17. The normalized spacial score (nSPS) is 10.6. The Kier molecular flexibility index (Phi) is 3.38. The van der Waals surface area contributed by atoms with E-state index >= 15 is 0 Å². The number of nitrogens with zero attached hydrogens (tertiary/aromatic N) is 1. The summed E-state index contributed by atoms with van der Waals surface area (Å²) < 4.78 is 1.23. The second-order valence-electron chi connectivity index (χ2n) is 4.47. The fraction of sp³-hybridized carbons (Fsp3) is 0.0625. The number of pyridine rings is 1. The summed E-state index contributed by atoms with van der Waals surface area (Å²) in [4.78, 5) is 4.64. The number of fused-ring (bicyclic) bond motifs is 1. The van der Waals surface area contributed by atoms with E-state index in [9.17, 15) is 0 Å². The Morgan fingerprint density at radius 1 is 1.00 bits per heavy atom. The highest BCUT2D eigenvalue weighted by atomic mass is 127. The van der Waals surface area contributed by atoms with Crippen LogP contribution in [0.25, 0.3) is 10.9 Å². The van der Waals surface area contributed by atoms with E-state index < -0.39 is 0 Å². The summed E-state index contributed by atoms with van der Waals surface area (Å²) >= 11 is 2.30. The lowest BCUT2D eigenvalue weighted by atomic mass is 10.1. The standard InChI is InChI=1S/C16H13IN2/c1-11-10-16(18-13-8-6-12(17)7-9-13)19-15-5-3-2-4-14(11)15/h2-10H,1H3,(H,18,19). The van der Waals surface area contributed by atoms with Gasteiger partial charge in [0.1, 0.15) is 5.82 Å². The maximum Gasteiger partial charge on any atom is 0.131 e. The molecule has 1 heterocycles. The van der Waals surface area contributed by atoms with Crippen LogP contribution in [0.5, 0.6) is 0 Å². The fourth-order valence-electron chi connectivity index (χ4n) is 2.09. The molecule has 0 fully saturated rings. The largest absolute Gasteiger partial charge is 0.340 e. The summed E-state index contributed by atoms with van der Waals surface area (Å²) in [5, 5.41) is 4.55. The molecule has 1 aromatic heterocycles. The van der Waals surface area contributed by atoms with Crippen LogP contribution in [0, 0.1) is 10.5 Å². The zero-order chi connectivity index (χ0) is 13.2. The van der Waals surface area contributed by atoms with Crippen LogP contribution in [0.15, 0.2) is 54.6 Å². The number of hydrogen-bond acceptors (Lipinski definition) is 2. The van der Waals surface area contributed by atoms with E-state index in [1.165, 1.54) is 14.5 Å². The summed E-state index contributed by atoms with van der Waals surface area (Å²) in [6.45, 7) is 2.11. The van der Waals surface area contributed by atoms with Crippen LogP contribution in [-0.4, -0.2) is 4.98 Å². The van der Waals surface area contributed by atoms with E-state index in [0.717, 1.165) is 17.0 Å². The number of rotatable bonds is 2. The first kappa shape index (κ1) is 12.4. The van der Waals surface area contributed by atoms with Crippen molar-refractivity contribution in [2.24, 2.45) is 0 Å². The average Bonchev–Trinajstić information content (AvgIpc) is 2.42. The number of hydrogen-bond donors (Lipinski definition) is 1. The summed E-state index contributed by atoms with van der Waals surface area (Å²) in [5.74, 6) is 0.886. The summed E-state index contributed by atoms with van der Waals surface area (Å²) in [7, 11) is 0. The Labute approximate surface area is 126 Å². The van der Waals surface area contributed by atoms with Crippen molar-refractivity contribution in [2.45, 2.75) is 6.92 Å². The molecule has 94 valence electrons. The molecule has 0 amide bonds. The molecule has 3 heteroatoms. The number of nitrogens with one attached hydrogen (secondary N) is 1. The Morgan fingerprint density at radius 3 is 2.53 bits per heavy atom. The molecule has 0 radical (unpaired) electrons. The van der Waals surface area contributed by atoms with Gasteiger partial charge in [0.25, 0.3) is 0 Å². The van der Waals surface area contributed by atoms with Crippen LogP contribution < -0.4 is 5.32 Å². The van der Waals surface area contributed by atoms with Gasteiger partial charge in [-0.05, 0) is 71.5 Å². The van der Waals surface area contributed by atoms with Gasteiger partial charge in [0.05, 0.1) is 5.52 Å². The van der Waals surface area contributed by atoms with E-state index in [4.69, 9.17) is 0 Å². The molecule has 3 rings (SSSR count). The molecule has 0 spiro atoms. The summed E-state index contributed by atoms with van der Waals surface area (Å²) in [6, 6.07) is 18.6. The van der Waals surface area contributed by atoms with Crippen LogP contribution in [0.2, 0.25) is 0 Å². The minimum atomic E-state index is 0.886. The number of aromatic nitrogens is 1.